The van der Waals surface area contributed by atoms with Crippen LogP contribution >= 0.6 is 0 Å². The molecule has 1 amide bonds. The van der Waals surface area contributed by atoms with Gasteiger partial charge in [-0.25, -0.2) is 0 Å². The largest absolute Gasteiger partial charge is 0.330 e. The lowest BCUT2D eigenvalue weighted by Crippen LogP contribution is -2.49. The SMILES string of the molecule is O=C1CC[C@@]2(CCCc3ccccc32)[C@@H]2c3ccccc3CN12. The van der Waals surface area contributed by atoms with Crippen LogP contribution in [0.2, 0.25) is 0 Å². The van der Waals surface area contributed by atoms with Crippen molar-refractivity contribution in [1.29, 1.82) is 0 Å². The normalized spacial score (nSPS) is 28.4. The molecule has 2 heteroatoms. The first kappa shape index (κ1) is 13.4. The molecule has 2 heterocycles. The molecule has 2 atom stereocenters. The number of hydrogen-bond donors (Lipinski definition) is 0. The van der Waals surface area contributed by atoms with Gasteiger partial charge in [-0.3, -0.25) is 4.79 Å². The van der Waals surface area contributed by atoms with Crippen molar-refractivity contribution in [3.63, 3.8) is 0 Å². The van der Waals surface area contributed by atoms with Crippen molar-refractivity contribution in [3.05, 3.63) is 70.8 Å². The fourth-order valence-corrected chi connectivity index (χ4v) is 5.32. The van der Waals surface area contributed by atoms with E-state index in [9.17, 15) is 4.79 Å². The van der Waals surface area contributed by atoms with E-state index >= 15 is 0 Å². The molecule has 5 rings (SSSR count). The topological polar surface area (TPSA) is 20.3 Å². The highest BCUT2D eigenvalue weighted by molar-refractivity contribution is 5.80. The summed E-state index contributed by atoms with van der Waals surface area (Å²) in [7, 11) is 0. The summed E-state index contributed by atoms with van der Waals surface area (Å²) in [5.41, 5.74) is 5.85. The van der Waals surface area contributed by atoms with Gasteiger partial charge in [0.05, 0.1) is 6.04 Å². The molecule has 3 aliphatic rings. The molecule has 2 aliphatic heterocycles. The van der Waals surface area contributed by atoms with Gasteiger partial charge in [-0.05, 0) is 47.9 Å². The van der Waals surface area contributed by atoms with Gasteiger partial charge in [0, 0.05) is 18.4 Å². The quantitative estimate of drug-likeness (QED) is 0.716. The van der Waals surface area contributed by atoms with E-state index in [1.54, 1.807) is 0 Å². The Morgan fingerprint density at radius 1 is 0.913 bits per heavy atom. The average molecular weight is 303 g/mol. The van der Waals surface area contributed by atoms with Crippen molar-refractivity contribution in [2.45, 2.75) is 50.1 Å². The van der Waals surface area contributed by atoms with Crippen LogP contribution in [0.15, 0.2) is 48.5 Å². The predicted octanol–water partition coefficient (Wildman–Crippen LogP) is 4.14. The number of carbonyl (C=O) groups excluding carboxylic acids is 1. The third-order valence-electron chi connectivity index (χ3n) is 6.25. The number of carbonyl (C=O) groups is 1. The van der Waals surface area contributed by atoms with Crippen LogP contribution in [0, 0.1) is 0 Å². The number of rotatable bonds is 0. The fourth-order valence-electron chi connectivity index (χ4n) is 5.32. The Bertz CT molecular complexity index is 796. The van der Waals surface area contributed by atoms with Crippen molar-refractivity contribution in [1.82, 2.24) is 4.90 Å². The number of nitrogens with zero attached hydrogens (tertiary/aromatic N) is 1. The summed E-state index contributed by atoms with van der Waals surface area (Å²) in [5.74, 6) is 0.333. The lowest BCUT2D eigenvalue weighted by molar-refractivity contribution is -0.140. The van der Waals surface area contributed by atoms with Crippen LogP contribution in [0.5, 0.6) is 0 Å². The summed E-state index contributed by atoms with van der Waals surface area (Å²) >= 11 is 0. The summed E-state index contributed by atoms with van der Waals surface area (Å²) < 4.78 is 0. The van der Waals surface area contributed by atoms with Gasteiger partial charge in [0.1, 0.15) is 0 Å². The van der Waals surface area contributed by atoms with Crippen molar-refractivity contribution < 1.29 is 4.79 Å². The minimum absolute atomic E-state index is 0.120. The van der Waals surface area contributed by atoms with E-state index in [1.807, 2.05) is 0 Å². The van der Waals surface area contributed by atoms with E-state index in [4.69, 9.17) is 0 Å². The summed E-state index contributed by atoms with van der Waals surface area (Å²) in [6.07, 6.45) is 5.31. The minimum Gasteiger partial charge on any atom is -0.330 e. The molecular formula is C21H21NO. The highest BCUT2D eigenvalue weighted by Crippen LogP contribution is 2.57. The maximum absolute atomic E-state index is 12.6. The maximum Gasteiger partial charge on any atom is 0.223 e. The first-order valence-corrected chi connectivity index (χ1v) is 8.75. The Kier molecular flexibility index (Phi) is 2.73. The van der Waals surface area contributed by atoms with Crippen LogP contribution in [0.1, 0.15) is 54.0 Å². The number of benzene rings is 2. The monoisotopic (exact) mass is 303 g/mol. The first-order valence-electron chi connectivity index (χ1n) is 8.75. The molecule has 0 saturated carbocycles. The Morgan fingerprint density at radius 2 is 1.70 bits per heavy atom. The summed E-state index contributed by atoms with van der Waals surface area (Å²) in [4.78, 5) is 14.8. The van der Waals surface area contributed by atoms with Crippen molar-refractivity contribution in [3.8, 4) is 0 Å². The third kappa shape index (κ3) is 1.72. The van der Waals surface area contributed by atoms with Crippen LogP contribution in [0.25, 0.3) is 0 Å². The summed E-state index contributed by atoms with van der Waals surface area (Å²) in [6, 6.07) is 17.9. The molecule has 1 aliphatic carbocycles. The number of amides is 1. The molecule has 2 nitrogen and oxygen atoms in total. The van der Waals surface area contributed by atoms with Gasteiger partial charge in [-0.2, -0.15) is 0 Å². The molecule has 2 aromatic carbocycles. The second-order valence-electron chi connectivity index (χ2n) is 7.29. The first-order chi connectivity index (χ1) is 11.3. The highest BCUT2D eigenvalue weighted by atomic mass is 16.2. The highest BCUT2D eigenvalue weighted by Gasteiger charge is 2.53. The van der Waals surface area contributed by atoms with E-state index in [0.29, 0.717) is 12.3 Å². The van der Waals surface area contributed by atoms with Crippen LogP contribution in [0.3, 0.4) is 0 Å². The van der Waals surface area contributed by atoms with Gasteiger partial charge in [0.25, 0.3) is 0 Å². The predicted molar refractivity (Wildman–Crippen MR) is 90.0 cm³/mol. The Balaban J connectivity index is 1.74. The Hall–Kier alpha value is -2.09. The lowest BCUT2D eigenvalue weighted by atomic mass is 9.60. The van der Waals surface area contributed by atoms with Crippen LogP contribution < -0.4 is 0 Å². The van der Waals surface area contributed by atoms with Gasteiger partial charge in [-0.15, -0.1) is 0 Å². The maximum atomic E-state index is 12.6. The standard InChI is InChI=1S/C21H21NO/c23-19-11-13-21(12-5-8-15-6-2-4-10-18(15)21)20-17-9-3-1-7-16(17)14-22(19)20/h1-4,6-7,9-10,20H,5,8,11-14H2/t20-,21+/m0/s1. The lowest BCUT2D eigenvalue weighted by Gasteiger charge is -2.50. The molecule has 2 aromatic rings. The smallest absolute Gasteiger partial charge is 0.223 e. The van der Waals surface area contributed by atoms with Crippen molar-refractivity contribution in [2.24, 2.45) is 0 Å². The van der Waals surface area contributed by atoms with Gasteiger partial charge < -0.3 is 4.90 Å². The van der Waals surface area contributed by atoms with E-state index in [2.05, 4.69) is 53.4 Å². The molecule has 0 bridgehead atoms. The zero-order valence-electron chi connectivity index (χ0n) is 13.3. The zero-order valence-corrected chi connectivity index (χ0v) is 13.3. The van der Waals surface area contributed by atoms with Crippen LogP contribution in [0.4, 0.5) is 0 Å². The number of aryl methyl sites for hydroxylation is 1. The molecule has 1 spiro atoms. The number of hydrogen-bond acceptors (Lipinski definition) is 1. The van der Waals surface area contributed by atoms with Crippen LogP contribution in [-0.2, 0) is 23.2 Å². The van der Waals surface area contributed by atoms with Gasteiger partial charge in [-0.1, -0.05) is 48.5 Å². The van der Waals surface area contributed by atoms with Crippen molar-refractivity contribution in [2.75, 3.05) is 0 Å². The molecule has 0 N–H and O–H groups in total. The van der Waals surface area contributed by atoms with E-state index in [1.165, 1.54) is 41.5 Å². The van der Waals surface area contributed by atoms with Gasteiger partial charge in [0.2, 0.25) is 5.91 Å². The van der Waals surface area contributed by atoms with Gasteiger partial charge in [0.15, 0.2) is 0 Å². The molecule has 0 aromatic heterocycles. The second-order valence-corrected chi connectivity index (χ2v) is 7.29. The summed E-state index contributed by atoms with van der Waals surface area (Å²) in [6.45, 7) is 0.795. The zero-order chi connectivity index (χ0) is 15.4. The van der Waals surface area contributed by atoms with Crippen LogP contribution in [-0.4, -0.2) is 10.8 Å². The molecule has 23 heavy (non-hydrogen) atoms. The molecule has 1 saturated heterocycles. The molecule has 1 fully saturated rings. The average Bonchev–Trinajstić information content (AvgIpc) is 3.00. The Morgan fingerprint density at radius 3 is 2.61 bits per heavy atom. The Labute approximate surface area is 137 Å². The van der Waals surface area contributed by atoms with E-state index in [-0.39, 0.29) is 11.5 Å². The fraction of sp³-hybridized carbons (Fsp3) is 0.381. The van der Waals surface area contributed by atoms with Crippen molar-refractivity contribution >= 4 is 5.91 Å². The number of piperidine rings is 1. The minimum atomic E-state index is 0.120. The second kappa shape index (κ2) is 4.70. The summed E-state index contributed by atoms with van der Waals surface area (Å²) in [5, 5.41) is 0. The number of fused-ring (bicyclic) bond motifs is 6. The van der Waals surface area contributed by atoms with Gasteiger partial charge >= 0.3 is 0 Å². The third-order valence-corrected chi connectivity index (χ3v) is 6.25. The molecule has 116 valence electrons. The molecular weight excluding hydrogens is 282 g/mol. The molecule has 0 radical (unpaired) electrons. The molecule has 0 unspecified atom stereocenters. The van der Waals surface area contributed by atoms with E-state index in [0.717, 1.165) is 13.0 Å². The van der Waals surface area contributed by atoms with E-state index < -0.39 is 0 Å².